The first-order chi connectivity index (χ1) is 8.19. The minimum Gasteiger partial charge on any atom is -0.378 e. The maximum atomic E-state index is 5.55. The lowest BCUT2D eigenvalue weighted by atomic mass is 10.2. The summed E-state index contributed by atoms with van der Waals surface area (Å²) < 4.78 is 7.12. The summed E-state index contributed by atoms with van der Waals surface area (Å²) in [5.74, 6) is 0. The minimum atomic E-state index is 0.546. The summed E-state index contributed by atoms with van der Waals surface area (Å²) in [4.78, 5) is 2.16. The van der Waals surface area contributed by atoms with Crippen molar-refractivity contribution in [1.29, 1.82) is 0 Å². The molecule has 0 aliphatic rings. The molecule has 17 heavy (non-hydrogen) atoms. The lowest BCUT2D eigenvalue weighted by Crippen LogP contribution is -2.16. The predicted molar refractivity (Wildman–Crippen MR) is 66.7 cm³/mol. The first kappa shape index (κ1) is 14.1. The smallest absolute Gasteiger partial charge is 0.0900 e. The fourth-order valence-electron chi connectivity index (χ4n) is 1.71. The molecule has 0 atom stereocenters. The molecule has 0 fully saturated rings. The molecule has 0 aliphatic carbocycles. The van der Waals surface area contributed by atoms with E-state index in [1.54, 1.807) is 7.11 Å². The number of rotatable bonds is 8. The largest absolute Gasteiger partial charge is 0.378 e. The van der Waals surface area contributed by atoms with Gasteiger partial charge in [-0.3, -0.25) is 0 Å². The number of ether oxygens (including phenoxy) is 1. The van der Waals surface area contributed by atoms with Crippen molar-refractivity contribution in [2.45, 2.75) is 26.0 Å². The van der Waals surface area contributed by atoms with Gasteiger partial charge in [-0.25, -0.2) is 4.68 Å². The van der Waals surface area contributed by atoms with Gasteiger partial charge in [-0.05, 0) is 33.6 Å². The fraction of sp³-hybridized carbons (Fsp3) is 0.818. The van der Waals surface area contributed by atoms with Crippen LogP contribution >= 0.6 is 0 Å². The minimum absolute atomic E-state index is 0.546. The lowest BCUT2D eigenvalue weighted by molar-refractivity contribution is 0.175. The molecule has 1 aromatic rings. The van der Waals surface area contributed by atoms with Crippen molar-refractivity contribution in [1.82, 2.24) is 19.9 Å². The van der Waals surface area contributed by atoms with Gasteiger partial charge in [0.2, 0.25) is 0 Å². The van der Waals surface area contributed by atoms with Gasteiger partial charge in [-0.2, -0.15) is 0 Å². The van der Waals surface area contributed by atoms with Crippen LogP contribution in [0.25, 0.3) is 0 Å². The predicted octanol–water partition coefficient (Wildman–Crippen LogP) is -0.123. The molecule has 1 aromatic heterocycles. The lowest BCUT2D eigenvalue weighted by Gasteiger charge is -2.10. The van der Waals surface area contributed by atoms with E-state index < -0.39 is 0 Å². The monoisotopic (exact) mass is 241 g/mol. The molecule has 1 rings (SSSR count). The van der Waals surface area contributed by atoms with Crippen molar-refractivity contribution >= 4 is 0 Å². The number of aryl methyl sites for hydroxylation is 1. The van der Waals surface area contributed by atoms with Gasteiger partial charge in [0.05, 0.1) is 18.0 Å². The molecule has 6 heteroatoms. The molecule has 98 valence electrons. The Labute approximate surface area is 103 Å². The van der Waals surface area contributed by atoms with Crippen molar-refractivity contribution in [3.8, 4) is 0 Å². The molecule has 0 saturated carbocycles. The number of methoxy groups -OCH3 is 1. The molecule has 0 unspecified atom stereocenters. The van der Waals surface area contributed by atoms with Crippen molar-refractivity contribution in [3.05, 3.63) is 11.4 Å². The number of hydrogen-bond acceptors (Lipinski definition) is 5. The topological polar surface area (TPSA) is 69.2 Å². The van der Waals surface area contributed by atoms with Gasteiger partial charge in [0, 0.05) is 20.1 Å². The van der Waals surface area contributed by atoms with Crippen molar-refractivity contribution in [2.75, 3.05) is 34.3 Å². The zero-order valence-corrected chi connectivity index (χ0v) is 11.0. The molecule has 0 saturated heterocycles. The molecule has 2 N–H and O–H groups in total. The molecule has 6 nitrogen and oxygen atoms in total. The first-order valence-corrected chi connectivity index (χ1v) is 5.94. The van der Waals surface area contributed by atoms with Crippen LogP contribution in [0.15, 0.2) is 0 Å². The Kier molecular flexibility index (Phi) is 6.10. The Morgan fingerprint density at radius 3 is 2.76 bits per heavy atom. The van der Waals surface area contributed by atoms with Crippen LogP contribution in [0, 0.1) is 0 Å². The molecule has 0 aliphatic heterocycles. The highest BCUT2D eigenvalue weighted by atomic mass is 16.5. The van der Waals surface area contributed by atoms with E-state index in [2.05, 4.69) is 29.3 Å². The fourth-order valence-corrected chi connectivity index (χ4v) is 1.71. The first-order valence-electron chi connectivity index (χ1n) is 5.94. The normalized spacial score (nSPS) is 11.4. The molecule has 0 radical (unpaired) electrons. The van der Waals surface area contributed by atoms with Gasteiger partial charge in [0.1, 0.15) is 0 Å². The van der Waals surface area contributed by atoms with Crippen LogP contribution in [-0.4, -0.2) is 54.2 Å². The summed E-state index contributed by atoms with van der Waals surface area (Å²) in [5.41, 5.74) is 7.56. The number of aromatic nitrogens is 3. The van der Waals surface area contributed by atoms with Crippen molar-refractivity contribution in [3.63, 3.8) is 0 Å². The van der Waals surface area contributed by atoms with Crippen LogP contribution < -0.4 is 5.73 Å². The van der Waals surface area contributed by atoms with Crippen molar-refractivity contribution < 1.29 is 4.74 Å². The summed E-state index contributed by atoms with van der Waals surface area (Å²) in [5, 5.41) is 8.32. The Hall–Kier alpha value is -0.980. The summed E-state index contributed by atoms with van der Waals surface area (Å²) in [6.07, 6.45) is 1.81. The van der Waals surface area contributed by atoms with Gasteiger partial charge in [-0.1, -0.05) is 5.21 Å². The van der Waals surface area contributed by atoms with E-state index in [1.165, 1.54) is 0 Å². The third-order valence-corrected chi connectivity index (χ3v) is 2.56. The second-order valence-electron chi connectivity index (χ2n) is 4.33. The molecular formula is C11H23N5O. The van der Waals surface area contributed by atoms with Gasteiger partial charge < -0.3 is 15.4 Å². The number of hydrogen-bond donors (Lipinski definition) is 1. The second kappa shape index (κ2) is 7.37. The highest BCUT2D eigenvalue weighted by Crippen LogP contribution is 2.08. The third kappa shape index (κ3) is 4.41. The maximum Gasteiger partial charge on any atom is 0.0900 e. The number of nitrogens with zero attached hydrogens (tertiary/aromatic N) is 4. The SMILES string of the molecule is COCc1c(CCN)nnn1CCCN(C)C. The van der Waals surface area contributed by atoms with E-state index in [9.17, 15) is 0 Å². The molecule has 0 aromatic carbocycles. The maximum absolute atomic E-state index is 5.55. The summed E-state index contributed by atoms with van der Waals surface area (Å²) in [6.45, 7) is 3.05. The highest BCUT2D eigenvalue weighted by Gasteiger charge is 2.11. The molecule has 0 bridgehead atoms. The highest BCUT2D eigenvalue weighted by molar-refractivity contribution is 5.09. The summed E-state index contributed by atoms with van der Waals surface area (Å²) in [7, 11) is 5.82. The van der Waals surface area contributed by atoms with E-state index >= 15 is 0 Å². The van der Waals surface area contributed by atoms with E-state index in [0.717, 1.165) is 37.3 Å². The average Bonchev–Trinajstić information content (AvgIpc) is 2.63. The summed E-state index contributed by atoms with van der Waals surface area (Å²) >= 11 is 0. The van der Waals surface area contributed by atoms with Gasteiger partial charge in [-0.15, -0.1) is 5.10 Å². The van der Waals surface area contributed by atoms with Crippen LogP contribution in [0.2, 0.25) is 0 Å². The zero-order valence-electron chi connectivity index (χ0n) is 11.0. The van der Waals surface area contributed by atoms with Crippen LogP contribution in [-0.2, 0) is 24.3 Å². The van der Waals surface area contributed by atoms with Gasteiger partial charge in [0.25, 0.3) is 0 Å². The van der Waals surface area contributed by atoms with E-state index in [0.29, 0.717) is 13.2 Å². The van der Waals surface area contributed by atoms with Gasteiger partial charge in [0.15, 0.2) is 0 Å². The Bertz CT molecular complexity index is 324. The molecule has 1 heterocycles. The van der Waals surface area contributed by atoms with Gasteiger partial charge >= 0.3 is 0 Å². The van der Waals surface area contributed by atoms with E-state index in [4.69, 9.17) is 10.5 Å². The van der Waals surface area contributed by atoms with E-state index in [1.807, 2.05) is 4.68 Å². The average molecular weight is 241 g/mol. The molecule has 0 amide bonds. The second-order valence-corrected chi connectivity index (χ2v) is 4.33. The standard InChI is InChI=1S/C11H23N5O/c1-15(2)7-4-8-16-11(9-17-3)10(5-6-12)13-14-16/h4-9,12H2,1-3H3. The van der Waals surface area contributed by atoms with Crippen LogP contribution in [0.3, 0.4) is 0 Å². The van der Waals surface area contributed by atoms with Crippen LogP contribution in [0.4, 0.5) is 0 Å². The Morgan fingerprint density at radius 1 is 1.41 bits per heavy atom. The Balaban J connectivity index is 2.63. The van der Waals surface area contributed by atoms with E-state index in [-0.39, 0.29) is 0 Å². The molecular weight excluding hydrogens is 218 g/mol. The quantitative estimate of drug-likeness (QED) is 0.687. The Morgan fingerprint density at radius 2 is 2.18 bits per heavy atom. The molecule has 0 spiro atoms. The van der Waals surface area contributed by atoms with Crippen LogP contribution in [0.1, 0.15) is 17.8 Å². The number of nitrogens with two attached hydrogens (primary N) is 1. The third-order valence-electron chi connectivity index (χ3n) is 2.56. The van der Waals surface area contributed by atoms with Crippen LogP contribution in [0.5, 0.6) is 0 Å². The zero-order chi connectivity index (χ0) is 12.7. The van der Waals surface area contributed by atoms with Crippen molar-refractivity contribution in [2.24, 2.45) is 5.73 Å². The summed E-state index contributed by atoms with van der Waals surface area (Å²) in [6, 6.07) is 0.